The van der Waals surface area contributed by atoms with Gasteiger partial charge < -0.3 is 10.2 Å². The van der Waals surface area contributed by atoms with Crippen LogP contribution in [0.3, 0.4) is 0 Å². The van der Waals surface area contributed by atoms with E-state index in [1.54, 1.807) is 12.3 Å². The predicted molar refractivity (Wildman–Crippen MR) is 60.3 cm³/mol. The fourth-order valence-electron chi connectivity index (χ4n) is 1.66. The minimum Gasteiger partial charge on any atom is -0.469 e. The van der Waals surface area contributed by atoms with Gasteiger partial charge in [-0.15, -0.1) is 0 Å². The largest absolute Gasteiger partial charge is 0.469 e. The van der Waals surface area contributed by atoms with Gasteiger partial charge in [0.2, 0.25) is 0 Å². The van der Waals surface area contributed by atoms with Crippen molar-refractivity contribution in [3.8, 4) is 0 Å². The molecule has 0 saturated carbocycles. The van der Waals surface area contributed by atoms with Crippen molar-refractivity contribution in [2.24, 2.45) is 5.73 Å². The maximum absolute atomic E-state index is 13.0. The van der Waals surface area contributed by atoms with Crippen LogP contribution in [0.15, 0.2) is 41.0 Å². The van der Waals surface area contributed by atoms with Crippen molar-refractivity contribution >= 4 is 0 Å². The molecule has 2 aromatic rings. The van der Waals surface area contributed by atoms with Gasteiger partial charge in [0.1, 0.15) is 5.76 Å². The van der Waals surface area contributed by atoms with E-state index in [9.17, 15) is 8.78 Å². The minimum absolute atomic E-state index is 0.324. The molecule has 1 atom stereocenters. The molecule has 0 aliphatic carbocycles. The Balaban J connectivity index is 1.99. The first-order valence-electron chi connectivity index (χ1n) is 5.39. The van der Waals surface area contributed by atoms with Crippen LogP contribution in [0.5, 0.6) is 0 Å². The summed E-state index contributed by atoms with van der Waals surface area (Å²) in [5.41, 5.74) is 6.49. The standard InChI is InChI=1S/C13H13F2NO/c14-11-5-3-9(8-12(11)15)13(16)6-4-10-2-1-7-17-10/h1-3,5,7-8,13H,4,6,16H2. The average Bonchev–Trinajstić information content (AvgIpc) is 2.82. The Kier molecular flexibility index (Phi) is 3.54. The normalized spacial score (nSPS) is 12.6. The first kappa shape index (κ1) is 11.8. The SMILES string of the molecule is NC(CCc1ccco1)c1ccc(F)c(F)c1. The van der Waals surface area contributed by atoms with Crippen molar-refractivity contribution in [3.63, 3.8) is 0 Å². The maximum atomic E-state index is 13.0. The lowest BCUT2D eigenvalue weighted by Crippen LogP contribution is -2.11. The highest BCUT2D eigenvalue weighted by Crippen LogP contribution is 2.19. The maximum Gasteiger partial charge on any atom is 0.159 e. The van der Waals surface area contributed by atoms with Crippen molar-refractivity contribution in [3.05, 3.63) is 59.6 Å². The Labute approximate surface area is 98.0 Å². The van der Waals surface area contributed by atoms with E-state index in [0.29, 0.717) is 18.4 Å². The lowest BCUT2D eigenvalue weighted by Gasteiger charge is -2.11. The molecule has 0 bridgehead atoms. The van der Waals surface area contributed by atoms with Crippen molar-refractivity contribution in [1.29, 1.82) is 0 Å². The van der Waals surface area contributed by atoms with Crippen LogP contribution in [0.2, 0.25) is 0 Å². The Bertz CT molecular complexity index is 482. The quantitative estimate of drug-likeness (QED) is 0.886. The summed E-state index contributed by atoms with van der Waals surface area (Å²) in [6.07, 6.45) is 2.89. The molecule has 2 N–H and O–H groups in total. The van der Waals surface area contributed by atoms with Gasteiger partial charge in [-0.05, 0) is 36.2 Å². The summed E-state index contributed by atoms with van der Waals surface area (Å²) in [4.78, 5) is 0. The number of halogens is 2. The smallest absolute Gasteiger partial charge is 0.159 e. The summed E-state index contributed by atoms with van der Waals surface area (Å²) in [7, 11) is 0. The van der Waals surface area contributed by atoms with Gasteiger partial charge in [0.05, 0.1) is 6.26 Å². The van der Waals surface area contributed by atoms with E-state index in [4.69, 9.17) is 10.2 Å². The van der Waals surface area contributed by atoms with Crippen LogP contribution in [-0.4, -0.2) is 0 Å². The van der Waals surface area contributed by atoms with Gasteiger partial charge in [-0.2, -0.15) is 0 Å². The van der Waals surface area contributed by atoms with E-state index < -0.39 is 11.6 Å². The Morgan fingerprint density at radius 1 is 1.18 bits per heavy atom. The van der Waals surface area contributed by atoms with Gasteiger partial charge >= 0.3 is 0 Å². The molecule has 17 heavy (non-hydrogen) atoms. The molecule has 90 valence electrons. The zero-order chi connectivity index (χ0) is 12.3. The Morgan fingerprint density at radius 3 is 2.65 bits per heavy atom. The molecular weight excluding hydrogens is 224 g/mol. The highest BCUT2D eigenvalue weighted by atomic mass is 19.2. The molecule has 1 aromatic carbocycles. The first-order chi connectivity index (χ1) is 8.16. The zero-order valence-electron chi connectivity index (χ0n) is 9.20. The highest BCUT2D eigenvalue weighted by molar-refractivity contribution is 5.21. The third-order valence-electron chi connectivity index (χ3n) is 2.65. The molecule has 0 fully saturated rings. The second-order valence-electron chi connectivity index (χ2n) is 3.90. The van der Waals surface area contributed by atoms with Gasteiger partial charge in [-0.1, -0.05) is 6.07 Å². The van der Waals surface area contributed by atoms with Gasteiger partial charge in [0.15, 0.2) is 11.6 Å². The van der Waals surface area contributed by atoms with Gasteiger partial charge in [0.25, 0.3) is 0 Å². The molecule has 0 radical (unpaired) electrons. The van der Waals surface area contributed by atoms with E-state index in [1.165, 1.54) is 6.07 Å². The number of rotatable bonds is 4. The number of benzene rings is 1. The fraction of sp³-hybridized carbons (Fsp3) is 0.231. The van der Waals surface area contributed by atoms with Crippen LogP contribution >= 0.6 is 0 Å². The summed E-state index contributed by atoms with van der Waals surface area (Å²) in [6, 6.07) is 7.08. The number of hydrogen-bond acceptors (Lipinski definition) is 2. The molecule has 0 saturated heterocycles. The molecule has 2 nitrogen and oxygen atoms in total. The first-order valence-corrected chi connectivity index (χ1v) is 5.39. The van der Waals surface area contributed by atoms with Crippen LogP contribution < -0.4 is 5.73 Å². The van der Waals surface area contributed by atoms with E-state index >= 15 is 0 Å². The average molecular weight is 237 g/mol. The van der Waals surface area contributed by atoms with Crippen LogP contribution in [0.25, 0.3) is 0 Å². The molecule has 0 amide bonds. The fourth-order valence-corrected chi connectivity index (χ4v) is 1.66. The third kappa shape index (κ3) is 2.91. The summed E-state index contributed by atoms with van der Waals surface area (Å²) in [5, 5.41) is 0. The molecule has 1 unspecified atom stereocenters. The molecule has 0 aliphatic heterocycles. The van der Waals surface area contributed by atoms with Gasteiger partial charge in [0, 0.05) is 12.5 Å². The number of furan rings is 1. The van der Waals surface area contributed by atoms with Crippen molar-refractivity contribution < 1.29 is 13.2 Å². The molecule has 0 spiro atoms. The van der Waals surface area contributed by atoms with E-state index in [1.807, 2.05) is 6.07 Å². The summed E-state index contributed by atoms with van der Waals surface area (Å²) in [6.45, 7) is 0. The third-order valence-corrected chi connectivity index (χ3v) is 2.65. The Morgan fingerprint density at radius 2 is 2.00 bits per heavy atom. The molecule has 2 rings (SSSR count). The highest BCUT2D eigenvalue weighted by Gasteiger charge is 2.10. The van der Waals surface area contributed by atoms with Crippen LogP contribution in [0.1, 0.15) is 23.8 Å². The molecule has 4 heteroatoms. The summed E-state index contributed by atoms with van der Waals surface area (Å²) in [5.74, 6) is -0.883. The topological polar surface area (TPSA) is 39.2 Å². The van der Waals surface area contributed by atoms with Crippen LogP contribution in [-0.2, 0) is 6.42 Å². The predicted octanol–water partition coefficient (Wildman–Crippen LogP) is 3.19. The number of hydrogen-bond donors (Lipinski definition) is 1. The van der Waals surface area contributed by atoms with Crippen molar-refractivity contribution in [1.82, 2.24) is 0 Å². The van der Waals surface area contributed by atoms with E-state index in [2.05, 4.69) is 0 Å². The second-order valence-corrected chi connectivity index (χ2v) is 3.90. The second kappa shape index (κ2) is 5.10. The summed E-state index contributed by atoms with van der Waals surface area (Å²) >= 11 is 0. The van der Waals surface area contributed by atoms with E-state index in [0.717, 1.165) is 17.9 Å². The molecule has 0 aliphatic rings. The zero-order valence-corrected chi connectivity index (χ0v) is 9.20. The number of aryl methyl sites for hydroxylation is 1. The monoisotopic (exact) mass is 237 g/mol. The van der Waals surface area contributed by atoms with Crippen LogP contribution in [0, 0.1) is 11.6 Å². The molecule has 1 aromatic heterocycles. The molecule has 1 heterocycles. The summed E-state index contributed by atoms with van der Waals surface area (Å²) < 4.78 is 30.9. The van der Waals surface area contributed by atoms with E-state index in [-0.39, 0.29) is 6.04 Å². The molecular formula is C13H13F2NO. The lowest BCUT2D eigenvalue weighted by atomic mass is 10.0. The van der Waals surface area contributed by atoms with Crippen molar-refractivity contribution in [2.45, 2.75) is 18.9 Å². The van der Waals surface area contributed by atoms with Gasteiger partial charge in [-0.3, -0.25) is 0 Å². The van der Waals surface area contributed by atoms with Crippen LogP contribution in [0.4, 0.5) is 8.78 Å². The number of nitrogens with two attached hydrogens (primary N) is 1. The minimum atomic E-state index is -0.865. The van der Waals surface area contributed by atoms with Crippen molar-refractivity contribution in [2.75, 3.05) is 0 Å². The van der Waals surface area contributed by atoms with Gasteiger partial charge in [-0.25, -0.2) is 8.78 Å². The Hall–Kier alpha value is -1.68. The lowest BCUT2D eigenvalue weighted by molar-refractivity contribution is 0.484.